The SMILES string of the molecule is CCc1ccc([C@H](CNC(=S)Nc2cccc(C)c2)N(C)C)cc1. The number of thiocarbonyl (C=S) groups is 1. The maximum Gasteiger partial charge on any atom is 0.170 e. The molecule has 0 saturated carbocycles. The highest BCUT2D eigenvalue weighted by atomic mass is 32.1. The van der Waals surface area contributed by atoms with Gasteiger partial charge in [0.15, 0.2) is 5.11 Å². The van der Waals surface area contributed by atoms with Crippen LogP contribution in [0.4, 0.5) is 5.69 Å². The summed E-state index contributed by atoms with van der Waals surface area (Å²) in [5.41, 5.74) is 4.88. The summed E-state index contributed by atoms with van der Waals surface area (Å²) in [6.45, 7) is 5.01. The van der Waals surface area contributed by atoms with E-state index in [-0.39, 0.29) is 6.04 Å². The average Bonchev–Trinajstić information content (AvgIpc) is 2.55. The molecule has 0 aliphatic carbocycles. The Morgan fingerprint density at radius 1 is 1.12 bits per heavy atom. The van der Waals surface area contributed by atoms with E-state index in [1.165, 1.54) is 16.7 Å². The molecule has 128 valence electrons. The zero-order valence-corrected chi connectivity index (χ0v) is 15.8. The predicted octanol–water partition coefficient (Wildman–Crippen LogP) is 4.15. The molecule has 0 amide bonds. The molecule has 2 aromatic rings. The first-order valence-corrected chi connectivity index (χ1v) is 8.77. The van der Waals surface area contributed by atoms with E-state index in [2.05, 4.69) is 79.9 Å². The third-order valence-electron chi connectivity index (χ3n) is 4.13. The van der Waals surface area contributed by atoms with Crippen LogP contribution in [0, 0.1) is 6.92 Å². The molecule has 0 aromatic heterocycles. The van der Waals surface area contributed by atoms with E-state index in [1.807, 2.05) is 12.1 Å². The van der Waals surface area contributed by atoms with Crippen LogP contribution in [-0.4, -0.2) is 30.7 Å². The monoisotopic (exact) mass is 341 g/mol. The van der Waals surface area contributed by atoms with Gasteiger partial charge in [0, 0.05) is 12.2 Å². The topological polar surface area (TPSA) is 27.3 Å². The van der Waals surface area contributed by atoms with E-state index >= 15 is 0 Å². The highest BCUT2D eigenvalue weighted by molar-refractivity contribution is 7.80. The van der Waals surface area contributed by atoms with E-state index in [0.717, 1.165) is 18.7 Å². The van der Waals surface area contributed by atoms with E-state index in [4.69, 9.17) is 12.2 Å². The summed E-state index contributed by atoms with van der Waals surface area (Å²) in [6.07, 6.45) is 1.07. The number of hydrogen-bond donors (Lipinski definition) is 2. The first-order chi connectivity index (χ1) is 11.5. The molecule has 0 unspecified atom stereocenters. The van der Waals surface area contributed by atoms with Gasteiger partial charge >= 0.3 is 0 Å². The van der Waals surface area contributed by atoms with Crippen molar-refractivity contribution in [1.29, 1.82) is 0 Å². The molecule has 1 atom stereocenters. The lowest BCUT2D eigenvalue weighted by Crippen LogP contribution is -2.36. The van der Waals surface area contributed by atoms with Crippen LogP contribution in [0.1, 0.15) is 29.7 Å². The van der Waals surface area contributed by atoms with Gasteiger partial charge in [-0.1, -0.05) is 43.3 Å². The van der Waals surface area contributed by atoms with Crippen LogP contribution in [0.15, 0.2) is 48.5 Å². The second-order valence-corrected chi connectivity index (χ2v) is 6.69. The molecule has 0 aliphatic rings. The van der Waals surface area contributed by atoms with Crippen molar-refractivity contribution in [1.82, 2.24) is 10.2 Å². The zero-order chi connectivity index (χ0) is 17.5. The van der Waals surface area contributed by atoms with Gasteiger partial charge in [-0.25, -0.2) is 0 Å². The number of likely N-dealkylation sites (N-methyl/N-ethyl adjacent to an activating group) is 1. The minimum absolute atomic E-state index is 0.271. The molecule has 0 fully saturated rings. The molecule has 2 rings (SSSR count). The first-order valence-electron chi connectivity index (χ1n) is 8.36. The number of rotatable bonds is 6. The van der Waals surface area contributed by atoms with Gasteiger partial charge in [0.2, 0.25) is 0 Å². The van der Waals surface area contributed by atoms with E-state index in [0.29, 0.717) is 5.11 Å². The predicted molar refractivity (Wildman–Crippen MR) is 108 cm³/mol. The molecule has 0 radical (unpaired) electrons. The fraction of sp³-hybridized carbons (Fsp3) is 0.350. The summed E-state index contributed by atoms with van der Waals surface area (Å²) in [5.74, 6) is 0. The van der Waals surface area contributed by atoms with Gasteiger partial charge in [0.25, 0.3) is 0 Å². The number of aryl methyl sites for hydroxylation is 2. The summed E-state index contributed by atoms with van der Waals surface area (Å²) in [6, 6.07) is 17.3. The molecule has 2 aromatic carbocycles. The summed E-state index contributed by atoms with van der Waals surface area (Å²) in [7, 11) is 4.19. The fourth-order valence-corrected chi connectivity index (χ4v) is 2.86. The van der Waals surface area contributed by atoms with Crippen LogP contribution in [0.5, 0.6) is 0 Å². The Labute approximate surface area is 151 Å². The van der Waals surface area contributed by atoms with Crippen molar-refractivity contribution in [3.63, 3.8) is 0 Å². The van der Waals surface area contributed by atoms with Crippen LogP contribution >= 0.6 is 12.2 Å². The van der Waals surface area contributed by atoms with Gasteiger partial charge in [0.05, 0.1) is 6.04 Å². The van der Waals surface area contributed by atoms with Gasteiger partial charge in [-0.05, 0) is 68.5 Å². The number of nitrogens with zero attached hydrogens (tertiary/aromatic N) is 1. The molecular weight excluding hydrogens is 314 g/mol. The second-order valence-electron chi connectivity index (χ2n) is 6.28. The first kappa shape index (κ1) is 18.4. The maximum atomic E-state index is 5.43. The van der Waals surface area contributed by atoms with Gasteiger partial charge in [-0.2, -0.15) is 0 Å². The van der Waals surface area contributed by atoms with Gasteiger partial charge < -0.3 is 15.5 Å². The highest BCUT2D eigenvalue weighted by Crippen LogP contribution is 2.18. The standard InChI is InChI=1S/C20H27N3S/c1-5-16-9-11-17(12-10-16)19(23(3)4)14-21-20(24)22-18-8-6-7-15(2)13-18/h6-13,19H,5,14H2,1-4H3,(H2,21,22,24)/t19-/m0/s1. The third kappa shape index (κ3) is 5.32. The van der Waals surface area contributed by atoms with Crippen molar-refractivity contribution in [3.05, 3.63) is 65.2 Å². The Balaban J connectivity index is 1.96. The smallest absolute Gasteiger partial charge is 0.170 e. The van der Waals surface area contributed by atoms with Gasteiger partial charge in [0.1, 0.15) is 0 Å². The van der Waals surface area contributed by atoms with Crippen molar-refractivity contribution in [2.45, 2.75) is 26.3 Å². The Bertz CT molecular complexity index is 665. The maximum absolute atomic E-state index is 5.43. The summed E-state index contributed by atoms with van der Waals surface area (Å²) < 4.78 is 0. The summed E-state index contributed by atoms with van der Waals surface area (Å²) in [4.78, 5) is 2.21. The van der Waals surface area contributed by atoms with Crippen LogP contribution < -0.4 is 10.6 Å². The molecule has 24 heavy (non-hydrogen) atoms. The Morgan fingerprint density at radius 2 is 1.83 bits per heavy atom. The summed E-state index contributed by atoms with van der Waals surface area (Å²) >= 11 is 5.43. The molecule has 3 nitrogen and oxygen atoms in total. The lowest BCUT2D eigenvalue weighted by atomic mass is 10.0. The second kappa shape index (κ2) is 8.81. The minimum Gasteiger partial charge on any atom is -0.361 e. The number of benzene rings is 2. The van der Waals surface area contributed by atoms with Crippen molar-refractivity contribution < 1.29 is 0 Å². The zero-order valence-electron chi connectivity index (χ0n) is 15.0. The number of hydrogen-bond acceptors (Lipinski definition) is 2. The van der Waals surface area contributed by atoms with Crippen molar-refractivity contribution in [2.75, 3.05) is 26.0 Å². The van der Waals surface area contributed by atoms with Crippen molar-refractivity contribution in [2.24, 2.45) is 0 Å². The molecule has 0 heterocycles. The number of anilines is 1. The van der Waals surface area contributed by atoms with Crippen LogP contribution in [0.3, 0.4) is 0 Å². The molecule has 0 bridgehead atoms. The summed E-state index contributed by atoms with van der Waals surface area (Å²) in [5, 5.41) is 7.24. The quantitative estimate of drug-likeness (QED) is 0.772. The van der Waals surface area contributed by atoms with E-state index in [1.54, 1.807) is 0 Å². The lowest BCUT2D eigenvalue weighted by Gasteiger charge is -2.26. The lowest BCUT2D eigenvalue weighted by molar-refractivity contribution is 0.299. The van der Waals surface area contributed by atoms with Crippen LogP contribution in [-0.2, 0) is 6.42 Å². The molecule has 0 spiro atoms. The Kier molecular flexibility index (Phi) is 6.76. The molecule has 2 N–H and O–H groups in total. The highest BCUT2D eigenvalue weighted by Gasteiger charge is 2.14. The van der Waals surface area contributed by atoms with Gasteiger partial charge in [-0.15, -0.1) is 0 Å². The largest absolute Gasteiger partial charge is 0.361 e. The molecule has 4 heteroatoms. The van der Waals surface area contributed by atoms with E-state index in [9.17, 15) is 0 Å². The van der Waals surface area contributed by atoms with Crippen molar-refractivity contribution >= 4 is 23.0 Å². The van der Waals surface area contributed by atoms with Crippen molar-refractivity contribution in [3.8, 4) is 0 Å². The number of nitrogens with one attached hydrogen (secondary N) is 2. The normalized spacial score (nSPS) is 12.0. The molecule has 0 saturated heterocycles. The third-order valence-corrected chi connectivity index (χ3v) is 4.37. The Morgan fingerprint density at radius 3 is 2.42 bits per heavy atom. The van der Waals surface area contributed by atoms with Gasteiger partial charge in [-0.3, -0.25) is 0 Å². The average molecular weight is 342 g/mol. The van der Waals surface area contributed by atoms with E-state index < -0.39 is 0 Å². The van der Waals surface area contributed by atoms with Crippen LogP contribution in [0.2, 0.25) is 0 Å². The van der Waals surface area contributed by atoms with Crippen LogP contribution in [0.25, 0.3) is 0 Å². The Hall–Kier alpha value is -1.91. The minimum atomic E-state index is 0.271. The fourth-order valence-electron chi connectivity index (χ4n) is 2.66. The molecule has 0 aliphatic heterocycles. The molecular formula is C20H27N3S.